The van der Waals surface area contributed by atoms with E-state index in [1.54, 1.807) is 0 Å². The molecular weight excluding hydrogens is 264 g/mol. The van der Waals surface area contributed by atoms with Gasteiger partial charge in [0, 0.05) is 31.9 Å². The highest BCUT2D eigenvalue weighted by Crippen LogP contribution is 2.13. The Kier molecular flexibility index (Phi) is 6.70. The summed E-state index contributed by atoms with van der Waals surface area (Å²) >= 11 is 0. The minimum atomic E-state index is -0.000721. The molecule has 1 saturated heterocycles. The van der Waals surface area contributed by atoms with E-state index in [9.17, 15) is 4.79 Å². The largest absolute Gasteiger partial charge is 0.382 e. The molecule has 0 aromatic heterocycles. The van der Waals surface area contributed by atoms with Crippen LogP contribution in [0.15, 0.2) is 24.3 Å². The third kappa shape index (κ3) is 5.48. The number of rotatable bonds is 8. The van der Waals surface area contributed by atoms with Gasteiger partial charge in [-0.15, -0.1) is 0 Å². The minimum absolute atomic E-state index is 0.000721. The molecule has 1 heterocycles. The number of carbonyl (C=O) groups is 1. The molecule has 2 rings (SSSR count). The quantitative estimate of drug-likeness (QED) is 0.748. The predicted molar refractivity (Wildman–Crippen MR) is 84.4 cm³/mol. The molecule has 21 heavy (non-hydrogen) atoms. The topological polar surface area (TPSA) is 41.6 Å². The van der Waals surface area contributed by atoms with Crippen molar-refractivity contribution in [2.24, 2.45) is 0 Å². The molecule has 0 saturated carbocycles. The second-order valence-corrected chi connectivity index (χ2v) is 5.49. The summed E-state index contributed by atoms with van der Waals surface area (Å²) in [5.74, 6) is -0.000721. The van der Waals surface area contributed by atoms with Gasteiger partial charge in [-0.25, -0.2) is 0 Å². The molecule has 0 radical (unpaired) electrons. The van der Waals surface area contributed by atoms with Crippen molar-refractivity contribution in [2.75, 3.05) is 32.8 Å². The molecule has 1 aliphatic heterocycles. The minimum Gasteiger partial charge on any atom is -0.382 e. The Balaban J connectivity index is 1.74. The highest BCUT2D eigenvalue weighted by atomic mass is 16.5. The number of nitrogens with zero attached hydrogens (tertiary/aromatic N) is 1. The van der Waals surface area contributed by atoms with Gasteiger partial charge in [-0.2, -0.15) is 0 Å². The summed E-state index contributed by atoms with van der Waals surface area (Å²) in [5, 5.41) is 2.92. The van der Waals surface area contributed by atoms with Crippen LogP contribution in [0.1, 0.15) is 42.1 Å². The summed E-state index contributed by atoms with van der Waals surface area (Å²) < 4.78 is 5.24. The Morgan fingerprint density at radius 1 is 1.24 bits per heavy atom. The van der Waals surface area contributed by atoms with Crippen molar-refractivity contribution in [1.29, 1.82) is 0 Å². The Bertz CT molecular complexity index is 425. The van der Waals surface area contributed by atoms with Crippen molar-refractivity contribution in [3.05, 3.63) is 35.4 Å². The van der Waals surface area contributed by atoms with Gasteiger partial charge in [0.15, 0.2) is 0 Å². The van der Waals surface area contributed by atoms with Crippen LogP contribution in [0.3, 0.4) is 0 Å². The second-order valence-electron chi connectivity index (χ2n) is 5.49. The average molecular weight is 290 g/mol. The molecule has 1 fully saturated rings. The van der Waals surface area contributed by atoms with Crippen LogP contribution in [0, 0.1) is 0 Å². The van der Waals surface area contributed by atoms with Crippen molar-refractivity contribution in [2.45, 2.75) is 32.7 Å². The first-order valence-electron chi connectivity index (χ1n) is 7.97. The number of nitrogens with one attached hydrogen (secondary N) is 1. The number of benzene rings is 1. The highest BCUT2D eigenvalue weighted by Gasteiger charge is 2.12. The second kappa shape index (κ2) is 8.80. The monoisotopic (exact) mass is 290 g/mol. The molecular formula is C17H26N2O2. The lowest BCUT2D eigenvalue weighted by molar-refractivity contribution is 0.0944. The number of likely N-dealkylation sites (tertiary alicyclic amines) is 1. The number of amides is 1. The molecule has 4 heteroatoms. The maximum Gasteiger partial charge on any atom is 0.251 e. The van der Waals surface area contributed by atoms with Crippen LogP contribution in [0.25, 0.3) is 0 Å². The highest BCUT2D eigenvalue weighted by molar-refractivity contribution is 5.94. The fourth-order valence-corrected chi connectivity index (χ4v) is 2.58. The van der Waals surface area contributed by atoms with E-state index in [-0.39, 0.29) is 5.91 Å². The van der Waals surface area contributed by atoms with Crippen LogP contribution in [-0.2, 0) is 11.3 Å². The maximum atomic E-state index is 12.0. The fraction of sp³-hybridized carbons (Fsp3) is 0.588. The molecule has 1 aromatic rings. The summed E-state index contributed by atoms with van der Waals surface area (Å²) in [5.41, 5.74) is 2.02. The normalized spacial score (nSPS) is 15.3. The van der Waals surface area contributed by atoms with Crippen LogP contribution in [0.4, 0.5) is 0 Å². The van der Waals surface area contributed by atoms with Gasteiger partial charge >= 0.3 is 0 Å². The van der Waals surface area contributed by atoms with E-state index >= 15 is 0 Å². The molecule has 1 aliphatic rings. The van der Waals surface area contributed by atoms with E-state index in [0.29, 0.717) is 13.2 Å². The molecule has 1 aromatic carbocycles. The van der Waals surface area contributed by atoms with E-state index in [4.69, 9.17) is 4.74 Å². The first-order chi connectivity index (χ1) is 10.3. The summed E-state index contributed by atoms with van der Waals surface area (Å²) in [6, 6.07) is 7.97. The van der Waals surface area contributed by atoms with Gasteiger partial charge in [0.2, 0.25) is 0 Å². The molecule has 0 spiro atoms. The number of hydrogen-bond acceptors (Lipinski definition) is 3. The van der Waals surface area contributed by atoms with E-state index in [1.807, 2.05) is 19.1 Å². The first kappa shape index (κ1) is 16.0. The third-order valence-electron chi connectivity index (χ3n) is 3.78. The number of hydrogen-bond donors (Lipinski definition) is 1. The summed E-state index contributed by atoms with van der Waals surface area (Å²) in [6.45, 7) is 7.45. The lowest BCUT2D eigenvalue weighted by Crippen LogP contribution is -2.25. The maximum absolute atomic E-state index is 12.0. The van der Waals surface area contributed by atoms with Crippen LogP contribution >= 0.6 is 0 Å². The lowest BCUT2D eigenvalue weighted by Gasteiger charge is -2.14. The fourth-order valence-electron chi connectivity index (χ4n) is 2.58. The number of ether oxygens (including phenoxy) is 1. The summed E-state index contributed by atoms with van der Waals surface area (Å²) in [7, 11) is 0. The van der Waals surface area contributed by atoms with Gasteiger partial charge in [-0.1, -0.05) is 12.1 Å². The zero-order chi connectivity index (χ0) is 14.9. The molecule has 1 N–H and O–H groups in total. The Hall–Kier alpha value is -1.39. The smallest absolute Gasteiger partial charge is 0.251 e. The third-order valence-corrected chi connectivity index (χ3v) is 3.78. The Labute approximate surface area is 127 Å². The van der Waals surface area contributed by atoms with Crippen molar-refractivity contribution < 1.29 is 9.53 Å². The van der Waals surface area contributed by atoms with Crippen LogP contribution in [0.5, 0.6) is 0 Å². The van der Waals surface area contributed by atoms with Crippen LogP contribution < -0.4 is 5.32 Å². The summed E-state index contributed by atoms with van der Waals surface area (Å²) in [6.07, 6.45) is 3.47. The molecule has 1 amide bonds. The number of carbonyl (C=O) groups excluding carboxylic acids is 1. The standard InChI is InChI=1S/C17H26N2O2/c1-2-21-13-5-10-18-17(20)16-8-6-15(7-9-16)14-19-11-3-4-12-19/h6-9H,2-5,10-14H2,1H3,(H,18,20). The molecule has 0 atom stereocenters. The Morgan fingerprint density at radius 3 is 2.62 bits per heavy atom. The van der Waals surface area contributed by atoms with Gasteiger partial charge in [-0.3, -0.25) is 9.69 Å². The van der Waals surface area contributed by atoms with Crippen molar-refractivity contribution >= 4 is 5.91 Å². The SMILES string of the molecule is CCOCCCNC(=O)c1ccc(CN2CCCC2)cc1. The van der Waals surface area contributed by atoms with Gasteiger partial charge in [-0.05, 0) is 57.0 Å². The summed E-state index contributed by atoms with van der Waals surface area (Å²) in [4.78, 5) is 14.4. The Morgan fingerprint density at radius 2 is 1.95 bits per heavy atom. The molecule has 4 nitrogen and oxygen atoms in total. The van der Waals surface area contributed by atoms with E-state index < -0.39 is 0 Å². The van der Waals surface area contributed by atoms with Crippen molar-refractivity contribution in [1.82, 2.24) is 10.2 Å². The van der Waals surface area contributed by atoms with Crippen LogP contribution in [0.2, 0.25) is 0 Å². The predicted octanol–water partition coefficient (Wildman–Crippen LogP) is 2.44. The van der Waals surface area contributed by atoms with Gasteiger partial charge in [0.1, 0.15) is 0 Å². The molecule has 0 aliphatic carbocycles. The first-order valence-corrected chi connectivity index (χ1v) is 7.97. The lowest BCUT2D eigenvalue weighted by atomic mass is 10.1. The van der Waals surface area contributed by atoms with Gasteiger partial charge < -0.3 is 10.1 Å². The zero-order valence-corrected chi connectivity index (χ0v) is 12.9. The van der Waals surface area contributed by atoms with E-state index in [1.165, 1.54) is 31.5 Å². The van der Waals surface area contributed by atoms with Crippen molar-refractivity contribution in [3.63, 3.8) is 0 Å². The molecule has 0 unspecified atom stereocenters. The molecule has 116 valence electrons. The molecule has 0 bridgehead atoms. The van der Waals surface area contributed by atoms with Crippen molar-refractivity contribution in [3.8, 4) is 0 Å². The zero-order valence-electron chi connectivity index (χ0n) is 12.9. The van der Waals surface area contributed by atoms with Crippen LogP contribution in [-0.4, -0.2) is 43.7 Å². The van der Waals surface area contributed by atoms with E-state index in [2.05, 4.69) is 22.3 Å². The average Bonchev–Trinajstić information content (AvgIpc) is 3.00. The van der Waals surface area contributed by atoms with Gasteiger partial charge in [0.25, 0.3) is 5.91 Å². The van der Waals surface area contributed by atoms with Gasteiger partial charge in [0.05, 0.1) is 0 Å². The van der Waals surface area contributed by atoms with E-state index in [0.717, 1.165) is 25.1 Å².